The summed E-state index contributed by atoms with van der Waals surface area (Å²) in [5.74, 6) is 0.199. The number of amides is 2. The van der Waals surface area contributed by atoms with Crippen molar-refractivity contribution in [3.05, 3.63) is 79.9 Å². The standard InChI is InChI=1S/C23H20BrClN4O3/c1-12-6-7-16(25)9-18(12)27-23(31)21-13(2)20-17(4-3-5-19(20)32-21)28-29-22(30)14-8-15(24)11-26-10-14/h6-11H,3-5H2,1-2H3,(H,27,31)(H,29,30)/b28-17+. The molecule has 164 valence electrons. The monoisotopic (exact) mass is 514 g/mol. The van der Waals surface area contributed by atoms with Crippen LogP contribution in [0.3, 0.4) is 0 Å². The Hall–Kier alpha value is -2.97. The lowest BCUT2D eigenvalue weighted by Crippen LogP contribution is -2.22. The number of hydrogen-bond acceptors (Lipinski definition) is 5. The van der Waals surface area contributed by atoms with Gasteiger partial charge in [-0.3, -0.25) is 14.6 Å². The molecule has 7 nitrogen and oxygen atoms in total. The number of rotatable bonds is 4. The number of benzene rings is 1. The summed E-state index contributed by atoms with van der Waals surface area (Å²) >= 11 is 9.36. The smallest absolute Gasteiger partial charge is 0.291 e. The van der Waals surface area contributed by atoms with Gasteiger partial charge in [-0.15, -0.1) is 0 Å². The van der Waals surface area contributed by atoms with Crippen molar-refractivity contribution in [2.75, 3.05) is 5.32 Å². The number of hydrazone groups is 1. The van der Waals surface area contributed by atoms with Crippen LogP contribution in [-0.2, 0) is 6.42 Å². The molecular weight excluding hydrogens is 496 g/mol. The third-order valence-electron chi connectivity index (χ3n) is 5.24. The number of furan rings is 1. The fourth-order valence-corrected chi connectivity index (χ4v) is 4.16. The number of aryl methyl sites for hydroxylation is 2. The van der Waals surface area contributed by atoms with Crippen molar-refractivity contribution in [1.29, 1.82) is 0 Å². The average molecular weight is 516 g/mol. The van der Waals surface area contributed by atoms with Crippen molar-refractivity contribution in [3.8, 4) is 0 Å². The van der Waals surface area contributed by atoms with Crippen LogP contribution in [0.25, 0.3) is 0 Å². The highest BCUT2D eigenvalue weighted by atomic mass is 79.9. The molecule has 0 saturated carbocycles. The fourth-order valence-electron chi connectivity index (χ4n) is 3.62. The first-order chi connectivity index (χ1) is 15.3. The minimum atomic E-state index is -0.367. The summed E-state index contributed by atoms with van der Waals surface area (Å²) in [7, 11) is 0. The molecule has 0 atom stereocenters. The molecule has 2 aromatic heterocycles. The normalized spacial score (nSPS) is 14.2. The number of fused-ring (bicyclic) bond motifs is 1. The van der Waals surface area contributed by atoms with E-state index in [-0.39, 0.29) is 17.6 Å². The van der Waals surface area contributed by atoms with Crippen molar-refractivity contribution in [1.82, 2.24) is 10.4 Å². The molecule has 1 aromatic carbocycles. The van der Waals surface area contributed by atoms with E-state index in [4.69, 9.17) is 16.0 Å². The molecule has 2 amide bonds. The highest BCUT2D eigenvalue weighted by Crippen LogP contribution is 2.31. The van der Waals surface area contributed by atoms with E-state index in [1.807, 2.05) is 19.9 Å². The summed E-state index contributed by atoms with van der Waals surface area (Å²) < 4.78 is 6.63. The van der Waals surface area contributed by atoms with Gasteiger partial charge in [-0.25, -0.2) is 5.43 Å². The first-order valence-corrected chi connectivity index (χ1v) is 11.2. The zero-order chi connectivity index (χ0) is 22.8. The molecule has 0 unspecified atom stereocenters. The van der Waals surface area contributed by atoms with Crippen LogP contribution in [0.15, 0.2) is 50.7 Å². The number of anilines is 1. The van der Waals surface area contributed by atoms with Gasteiger partial charge in [-0.1, -0.05) is 17.7 Å². The summed E-state index contributed by atoms with van der Waals surface area (Å²) in [6, 6.07) is 6.97. The van der Waals surface area contributed by atoms with Crippen molar-refractivity contribution in [2.45, 2.75) is 33.1 Å². The van der Waals surface area contributed by atoms with Gasteiger partial charge in [0.25, 0.3) is 11.8 Å². The number of nitrogens with zero attached hydrogens (tertiary/aromatic N) is 2. The molecule has 3 aromatic rings. The third kappa shape index (κ3) is 4.61. The predicted molar refractivity (Wildman–Crippen MR) is 126 cm³/mol. The molecule has 1 aliphatic rings. The largest absolute Gasteiger partial charge is 0.455 e. The lowest BCUT2D eigenvalue weighted by atomic mass is 9.93. The molecule has 0 saturated heterocycles. The van der Waals surface area contributed by atoms with Gasteiger partial charge in [-0.2, -0.15) is 5.10 Å². The van der Waals surface area contributed by atoms with E-state index in [1.165, 1.54) is 6.20 Å². The highest BCUT2D eigenvalue weighted by Gasteiger charge is 2.28. The Labute approximate surface area is 198 Å². The zero-order valence-corrected chi connectivity index (χ0v) is 19.8. The summed E-state index contributed by atoms with van der Waals surface area (Å²) in [6.07, 6.45) is 5.24. The summed E-state index contributed by atoms with van der Waals surface area (Å²) in [4.78, 5) is 29.4. The third-order valence-corrected chi connectivity index (χ3v) is 5.91. The van der Waals surface area contributed by atoms with Crippen LogP contribution in [0.4, 0.5) is 5.69 Å². The SMILES string of the molecule is Cc1ccc(Cl)cc1NC(=O)c1oc2c(c1C)/C(=N/NC(=O)c1cncc(Br)c1)CCC2. The minimum absolute atomic E-state index is 0.228. The predicted octanol–water partition coefficient (Wildman–Crippen LogP) is 5.43. The Bertz CT molecular complexity index is 1250. The Morgan fingerprint density at radius 1 is 1.16 bits per heavy atom. The van der Waals surface area contributed by atoms with Crippen molar-refractivity contribution >= 4 is 50.7 Å². The summed E-state index contributed by atoms with van der Waals surface area (Å²) in [5.41, 5.74) is 6.64. The number of hydrogen-bond donors (Lipinski definition) is 2. The van der Waals surface area contributed by atoms with Crippen molar-refractivity contribution < 1.29 is 14.0 Å². The molecule has 0 aliphatic heterocycles. The van der Waals surface area contributed by atoms with Gasteiger partial charge in [0.15, 0.2) is 5.76 Å². The van der Waals surface area contributed by atoms with Gasteiger partial charge in [0.05, 0.1) is 11.3 Å². The number of carbonyl (C=O) groups is 2. The van der Waals surface area contributed by atoms with Crippen LogP contribution in [-0.4, -0.2) is 22.5 Å². The van der Waals surface area contributed by atoms with E-state index in [2.05, 4.69) is 36.8 Å². The van der Waals surface area contributed by atoms with Crippen LogP contribution in [0.1, 0.15) is 56.2 Å². The lowest BCUT2D eigenvalue weighted by molar-refractivity contribution is 0.0953. The molecule has 9 heteroatoms. The van der Waals surface area contributed by atoms with Gasteiger partial charge in [0.2, 0.25) is 0 Å². The molecule has 2 N–H and O–H groups in total. The molecule has 32 heavy (non-hydrogen) atoms. The molecule has 0 radical (unpaired) electrons. The quantitative estimate of drug-likeness (QED) is 0.453. The van der Waals surface area contributed by atoms with Crippen molar-refractivity contribution in [2.24, 2.45) is 5.10 Å². The topological polar surface area (TPSA) is 96.6 Å². The average Bonchev–Trinajstić information content (AvgIpc) is 3.12. The molecule has 1 aliphatic carbocycles. The second kappa shape index (κ2) is 9.26. The second-order valence-electron chi connectivity index (χ2n) is 7.51. The maximum Gasteiger partial charge on any atom is 0.291 e. The molecule has 0 spiro atoms. The number of pyridine rings is 1. The Balaban J connectivity index is 1.58. The van der Waals surface area contributed by atoms with E-state index in [0.29, 0.717) is 50.6 Å². The van der Waals surface area contributed by atoms with Crippen LogP contribution in [0.5, 0.6) is 0 Å². The van der Waals surface area contributed by atoms with Crippen molar-refractivity contribution in [3.63, 3.8) is 0 Å². The van der Waals surface area contributed by atoms with Gasteiger partial charge in [0, 0.05) is 45.1 Å². The number of aromatic nitrogens is 1. The first-order valence-electron chi connectivity index (χ1n) is 10.0. The van der Waals surface area contributed by atoms with Gasteiger partial charge in [0.1, 0.15) is 5.76 Å². The van der Waals surface area contributed by atoms with E-state index in [0.717, 1.165) is 17.5 Å². The van der Waals surface area contributed by atoms with E-state index in [1.54, 1.807) is 24.4 Å². The second-order valence-corrected chi connectivity index (χ2v) is 8.86. The molecular formula is C23H20BrClN4O3. The van der Waals surface area contributed by atoms with E-state index in [9.17, 15) is 9.59 Å². The summed E-state index contributed by atoms with van der Waals surface area (Å²) in [5, 5.41) is 7.74. The van der Waals surface area contributed by atoms with E-state index >= 15 is 0 Å². The Kier molecular flexibility index (Phi) is 6.43. The highest BCUT2D eigenvalue weighted by molar-refractivity contribution is 9.10. The van der Waals surface area contributed by atoms with Gasteiger partial charge in [-0.05, 0) is 66.4 Å². The molecule has 4 rings (SSSR count). The lowest BCUT2D eigenvalue weighted by Gasteiger charge is -2.13. The number of halogens is 2. The maximum absolute atomic E-state index is 12.9. The summed E-state index contributed by atoms with van der Waals surface area (Å²) in [6.45, 7) is 3.71. The van der Waals surface area contributed by atoms with E-state index < -0.39 is 0 Å². The van der Waals surface area contributed by atoms with Crippen LogP contribution in [0, 0.1) is 13.8 Å². The maximum atomic E-state index is 12.9. The van der Waals surface area contributed by atoms with Crippen LogP contribution < -0.4 is 10.7 Å². The minimum Gasteiger partial charge on any atom is -0.455 e. The fraction of sp³-hybridized carbons (Fsp3) is 0.217. The molecule has 0 bridgehead atoms. The Morgan fingerprint density at radius 2 is 1.97 bits per heavy atom. The molecule has 2 heterocycles. The number of nitrogens with one attached hydrogen (secondary N) is 2. The van der Waals surface area contributed by atoms with Crippen LogP contribution >= 0.6 is 27.5 Å². The molecule has 0 fully saturated rings. The van der Waals surface area contributed by atoms with Gasteiger partial charge < -0.3 is 9.73 Å². The van der Waals surface area contributed by atoms with Crippen LogP contribution in [0.2, 0.25) is 5.02 Å². The Morgan fingerprint density at radius 3 is 2.75 bits per heavy atom. The van der Waals surface area contributed by atoms with Gasteiger partial charge >= 0.3 is 0 Å². The first kappa shape index (κ1) is 22.2. The zero-order valence-electron chi connectivity index (χ0n) is 17.5. The number of carbonyl (C=O) groups excluding carboxylic acids is 2.